The highest BCUT2D eigenvalue weighted by Gasteiger charge is 2.47. The van der Waals surface area contributed by atoms with E-state index in [-0.39, 0.29) is 40.1 Å². The molecule has 3 aromatic rings. The Kier molecular flexibility index (Phi) is 6.53. The number of halogens is 3. The molecule has 1 N–H and O–H groups in total. The molecule has 2 amide bonds. The van der Waals surface area contributed by atoms with Gasteiger partial charge >= 0.3 is 6.09 Å². The molecule has 0 aliphatic carbocycles. The molecule has 0 bridgehead atoms. The number of carbonyl (C=O) groups excluding carboxylic acids is 2. The molecule has 2 aliphatic heterocycles. The number of nitrogens with one attached hydrogen (secondary N) is 1. The Hall–Kier alpha value is -3.73. The van der Waals surface area contributed by atoms with Crippen molar-refractivity contribution in [3.63, 3.8) is 0 Å². The van der Waals surface area contributed by atoms with Gasteiger partial charge in [0.05, 0.1) is 23.0 Å². The summed E-state index contributed by atoms with van der Waals surface area (Å²) >= 11 is 6.12. The van der Waals surface area contributed by atoms with Crippen molar-refractivity contribution < 1.29 is 23.1 Å². The van der Waals surface area contributed by atoms with E-state index in [4.69, 9.17) is 16.3 Å². The number of imidazole rings is 1. The molecular formula is C27H29ClF2N6O3. The molecule has 1 aromatic carbocycles. The van der Waals surface area contributed by atoms with Gasteiger partial charge in [0.15, 0.2) is 17.5 Å². The van der Waals surface area contributed by atoms with E-state index < -0.39 is 34.7 Å². The monoisotopic (exact) mass is 558 g/mol. The summed E-state index contributed by atoms with van der Waals surface area (Å²) in [5, 5.41) is 2.91. The molecule has 2 aromatic heterocycles. The predicted molar refractivity (Wildman–Crippen MR) is 142 cm³/mol. The Morgan fingerprint density at radius 2 is 1.92 bits per heavy atom. The summed E-state index contributed by atoms with van der Waals surface area (Å²) in [5.41, 5.74) is -1.80. The van der Waals surface area contributed by atoms with Crippen LogP contribution in [-0.4, -0.2) is 62.7 Å². The fourth-order valence-corrected chi connectivity index (χ4v) is 5.19. The molecule has 39 heavy (non-hydrogen) atoms. The van der Waals surface area contributed by atoms with Gasteiger partial charge in [0.1, 0.15) is 11.4 Å². The van der Waals surface area contributed by atoms with Gasteiger partial charge in [-0.2, -0.15) is 0 Å². The van der Waals surface area contributed by atoms with Crippen LogP contribution in [0.3, 0.4) is 0 Å². The first kappa shape index (κ1) is 26.9. The predicted octanol–water partition coefficient (Wildman–Crippen LogP) is 4.74. The van der Waals surface area contributed by atoms with E-state index in [1.54, 1.807) is 57.9 Å². The van der Waals surface area contributed by atoms with Gasteiger partial charge in [-0.05, 0) is 33.8 Å². The SMILES string of the molecule is Cn1cnc(N2C[C@](C)(c3cccc(Cl)c3F)c3c(cnc(NC4CN(C(=O)OC(C)(C)C)C4)c3F)C2=O)c1. The molecule has 1 saturated heterocycles. The van der Waals surface area contributed by atoms with Crippen LogP contribution in [0.5, 0.6) is 0 Å². The summed E-state index contributed by atoms with van der Waals surface area (Å²) in [6.45, 7) is 7.51. The van der Waals surface area contributed by atoms with Crippen molar-refractivity contribution in [2.45, 2.75) is 44.8 Å². The molecule has 4 heterocycles. The van der Waals surface area contributed by atoms with E-state index >= 15 is 8.78 Å². The number of carbonyl (C=O) groups is 2. The number of hydrogen-bond acceptors (Lipinski definition) is 6. The Morgan fingerprint density at radius 3 is 2.56 bits per heavy atom. The Balaban J connectivity index is 1.51. The molecule has 0 unspecified atom stereocenters. The third-order valence-electron chi connectivity index (χ3n) is 6.91. The molecular weight excluding hydrogens is 530 g/mol. The van der Waals surface area contributed by atoms with Crippen LogP contribution in [0.15, 0.2) is 36.9 Å². The van der Waals surface area contributed by atoms with Crippen molar-refractivity contribution >= 4 is 35.2 Å². The topological polar surface area (TPSA) is 92.6 Å². The van der Waals surface area contributed by atoms with Gasteiger partial charge in [-0.3, -0.25) is 9.69 Å². The second kappa shape index (κ2) is 9.48. The Morgan fingerprint density at radius 1 is 1.21 bits per heavy atom. The normalized spacial score (nSPS) is 19.5. The van der Waals surface area contributed by atoms with Gasteiger partial charge < -0.3 is 19.5 Å². The van der Waals surface area contributed by atoms with Crippen LogP contribution in [0, 0.1) is 11.6 Å². The zero-order chi connectivity index (χ0) is 28.3. The molecule has 1 fully saturated rings. The number of aryl methyl sites for hydroxylation is 1. The summed E-state index contributed by atoms with van der Waals surface area (Å²) in [4.78, 5) is 37.2. The number of nitrogens with zero attached hydrogens (tertiary/aromatic N) is 5. The minimum Gasteiger partial charge on any atom is -0.444 e. The first-order chi connectivity index (χ1) is 18.3. The van der Waals surface area contributed by atoms with Crippen molar-refractivity contribution in [2.75, 3.05) is 29.9 Å². The standard InChI is InChI=1S/C27H29ClF2N6O3/c1-26(2,3)39-25(38)35-10-15(11-35)33-23-22(30)20-16(9-31-23)24(37)36(19-12-34(5)14-32-19)13-27(20,4)17-7-6-8-18(28)21(17)29/h6-9,12,14-15H,10-11,13H2,1-5H3,(H,31,33)/t27-/m1/s1. The molecule has 1 atom stereocenters. The van der Waals surface area contributed by atoms with E-state index in [2.05, 4.69) is 15.3 Å². The fourth-order valence-electron chi connectivity index (χ4n) is 5.01. The van der Waals surface area contributed by atoms with E-state index in [0.717, 1.165) is 0 Å². The molecule has 206 valence electrons. The number of anilines is 2. The van der Waals surface area contributed by atoms with Crippen molar-refractivity contribution in [1.82, 2.24) is 19.4 Å². The number of amides is 2. The summed E-state index contributed by atoms with van der Waals surface area (Å²) in [7, 11) is 1.76. The first-order valence-electron chi connectivity index (χ1n) is 12.5. The fraction of sp³-hybridized carbons (Fsp3) is 0.407. The van der Waals surface area contributed by atoms with Crippen LogP contribution in [0.4, 0.5) is 25.2 Å². The van der Waals surface area contributed by atoms with Crippen LogP contribution in [-0.2, 0) is 17.2 Å². The number of hydrogen-bond donors (Lipinski definition) is 1. The molecule has 12 heteroatoms. The largest absolute Gasteiger partial charge is 0.444 e. The van der Waals surface area contributed by atoms with Gasteiger partial charge in [-0.25, -0.2) is 23.5 Å². The number of pyridine rings is 1. The lowest BCUT2D eigenvalue weighted by atomic mass is 9.71. The van der Waals surface area contributed by atoms with Gasteiger partial charge in [0.2, 0.25) is 0 Å². The average Bonchev–Trinajstić information content (AvgIpc) is 3.25. The lowest BCUT2D eigenvalue weighted by molar-refractivity contribution is 0.0104. The zero-order valence-electron chi connectivity index (χ0n) is 22.3. The highest BCUT2D eigenvalue weighted by atomic mass is 35.5. The van der Waals surface area contributed by atoms with Crippen LogP contribution in [0.2, 0.25) is 5.02 Å². The number of aromatic nitrogens is 3. The molecule has 0 saturated carbocycles. The van der Waals surface area contributed by atoms with Crippen LogP contribution < -0.4 is 10.2 Å². The van der Waals surface area contributed by atoms with Gasteiger partial charge in [0.25, 0.3) is 5.91 Å². The summed E-state index contributed by atoms with van der Waals surface area (Å²) in [5.74, 6) is -1.70. The number of benzene rings is 1. The maximum absolute atomic E-state index is 16.3. The lowest BCUT2D eigenvalue weighted by Gasteiger charge is -2.42. The van der Waals surface area contributed by atoms with Gasteiger partial charge in [0, 0.05) is 55.6 Å². The van der Waals surface area contributed by atoms with Crippen molar-refractivity contribution in [2.24, 2.45) is 7.05 Å². The second-order valence-electron chi connectivity index (χ2n) is 11.2. The molecule has 9 nitrogen and oxygen atoms in total. The second-order valence-corrected chi connectivity index (χ2v) is 11.6. The summed E-state index contributed by atoms with van der Waals surface area (Å²) in [6, 6.07) is 4.26. The van der Waals surface area contributed by atoms with E-state index in [0.29, 0.717) is 18.9 Å². The zero-order valence-corrected chi connectivity index (χ0v) is 23.0. The molecule has 5 rings (SSSR count). The molecule has 2 aliphatic rings. The maximum Gasteiger partial charge on any atom is 0.410 e. The van der Waals surface area contributed by atoms with Gasteiger partial charge in [-0.15, -0.1) is 0 Å². The Labute approximate surface area is 229 Å². The third kappa shape index (κ3) is 4.80. The number of likely N-dealkylation sites (tertiary alicyclic amines) is 1. The minimum absolute atomic E-state index is 0.000759. The lowest BCUT2D eigenvalue weighted by Crippen LogP contribution is -2.58. The molecule has 0 radical (unpaired) electrons. The van der Waals surface area contributed by atoms with Crippen LogP contribution in [0.1, 0.15) is 49.2 Å². The van der Waals surface area contributed by atoms with Crippen LogP contribution >= 0.6 is 11.6 Å². The van der Waals surface area contributed by atoms with Crippen molar-refractivity contribution in [3.05, 3.63) is 70.3 Å². The summed E-state index contributed by atoms with van der Waals surface area (Å²) < 4.78 is 38.8. The first-order valence-corrected chi connectivity index (χ1v) is 12.8. The maximum atomic E-state index is 16.3. The van der Waals surface area contributed by atoms with Crippen molar-refractivity contribution in [3.8, 4) is 0 Å². The minimum atomic E-state index is -1.33. The third-order valence-corrected chi connectivity index (χ3v) is 7.20. The highest BCUT2D eigenvalue weighted by molar-refractivity contribution is 6.30. The number of rotatable bonds is 4. The average molecular weight is 559 g/mol. The van der Waals surface area contributed by atoms with Gasteiger partial charge in [-0.1, -0.05) is 23.7 Å². The van der Waals surface area contributed by atoms with E-state index in [1.165, 1.54) is 28.1 Å². The van der Waals surface area contributed by atoms with Crippen molar-refractivity contribution in [1.29, 1.82) is 0 Å². The number of ether oxygens (including phenoxy) is 1. The number of fused-ring (bicyclic) bond motifs is 1. The Bertz CT molecular complexity index is 1470. The van der Waals surface area contributed by atoms with E-state index in [9.17, 15) is 9.59 Å². The molecule has 0 spiro atoms. The smallest absolute Gasteiger partial charge is 0.410 e. The summed E-state index contributed by atoms with van der Waals surface area (Å²) in [6.07, 6.45) is 4.04. The highest BCUT2D eigenvalue weighted by Crippen LogP contribution is 2.44. The van der Waals surface area contributed by atoms with Crippen LogP contribution in [0.25, 0.3) is 0 Å². The quantitative estimate of drug-likeness (QED) is 0.497. The van der Waals surface area contributed by atoms with E-state index in [1.807, 2.05) is 0 Å².